The van der Waals surface area contributed by atoms with Crippen LogP contribution in [-0.2, 0) is 0 Å². The third-order valence-corrected chi connectivity index (χ3v) is 6.08. The van der Waals surface area contributed by atoms with Crippen LogP contribution in [0.2, 0.25) is 0 Å². The average molecular weight is 350 g/mol. The number of benzene rings is 1. The van der Waals surface area contributed by atoms with Gasteiger partial charge in [-0.2, -0.15) is 0 Å². The topological polar surface area (TPSA) is 12.0 Å². The molecule has 21 heavy (non-hydrogen) atoms. The van der Waals surface area contributed by atoms with Crippen molar-refractivity contribution in [2.45, 2.75) is 70.4 Å². The van der Waals surface area contributed by atoms with Crippen molar-refractivity contribution in [3.05, 3.63) is 34.3 Å². The zero-order chi connectivity index (χ0) is 14.8. The summed E-state index contributed by atoms with van der Waals surface area (Å²) in [5.74, 6) is 2.48. The van der Waals surface area contributed by atoms with Gasteiger partial charge in [0.25, 0.3) is 0 Å². The van der Waals surface area contributed by atoms with Crippen LogP contribution < -0.4 is 5.32 Å². The van der Waals surface area contributed by atoms with Crippen molar-refractivity contribution in [2.75, 3.05) is 0 Å². The van der Waals surface area contributed by atoms with E-state index in [9.17, 15) is 0 Å². The fourth-order valence-electron chi connectivity index (χ4n) is 4.25. The van der Waals surface area contributed by atoms with Crippen molar-refractivity contribution in [2.24, 2.45) is 11.8 Å². The van der Waals surface area contributed by atoms with Crippen molar-refractivity contribution in [3.63, 3.8) is 0 Å². The quantitative estimate of drug-likeness (QED) is 0.756. The van der Waals surface area contributed by atoms with E-state index in [2.05, 4.69) is 59.4 Å². The highest BCUT2D eigenvalue weighted by molar-refractivity contribution is 9.10. The minimum Gasteiger partial charge on any atom is -0.311 e. The normalized spacial score (nSPS) is 33.0. The SMILES string of the molecule is CC(C)C1CCCCC1NC1CC(c2cccc(Br)c2)C1. The Morgan fingerprint density at radius 2 is 1.90 bits per heavy atom. The molecule has 0 aromatic heterocycles. The molecule has 1 nitrogen and oxygen atoms in total. The summed E-state index contributed by atoms with van der Waals surface area (Å²) in [5.41, 5.74) is 1.51. The van der Waals surface area contributed by atoms with Crippen LogP contribution in [0.1, 0.15) is 63.9 Å². The first-order chi connectivity index (χ1) is 10.1. The van der Waals surface area contributed by atoms with Gasteiger partial charge in [-0.1, -0.05) is 54.8 Å². The summed E-state index contributed by atoms with van der Waals surface area (Å²) in [5, 5.41) is 3.99. The third kappa shape index (κ3) is 3.71. The van der Waals surface area contributed by atoms with Crippen molar-refractivity contribution < 1.29 is 0 Å². The maximum atomic E-state index is 3.99. The van der Waals surface area contributed by atoms with Crippen LogP contribution >= 0.6 is 15.9 Å². The second kappa shape index (κ2) is 6.83. The van der Waals surface area contributed by atoms with Crippen molar-refractivity contribution in [1.29, 1.82) is 0 Å². The zero-order valence-corrected chi connectivity index (χ0v) is 14.9. The van der Waals surface area contributed by atoms with E-state index in [0.29, 0.717) is 0 Å². The maximum Gasteiger partial charge on any atom is 0.0178 e. The molecule has 2 aliphatic rings. The Balaban J connectivity index is 1.52. The molecule has 2 aliphatic carbocycles. The Kier molecular flexibility index (Phi) is 5.06. The highest BCUT2D eigenvalue weighted by Crippen LogP contribution is 2.39. The van der Waals surface area contributed by atoms with Crippen LogP contribution in [0, 0.1) is 11.8 Å². The molecule has 0 radical (unpaired) electrons. The van der Waals surface area contributed by atoms with Crippen LogP contribution in [0.5, 0.6) is 0 Å². The lowest BCUT2D eigenvalue weighted by Crippen LogP contribution is -2.50. The molecule has 116 valence electrons. The second-order valence-corrected chi connectivity index (χ2v) is 8.30. The lowest BCUT2D eigenvalue weighted by molar-refractivity contribution is 0.160. The number of nitrogens with one attached hydrogen (secondary N) is 1. The van der Waals surface area contributed by atoms with Crippen molar-refractivity contribution in [3.8, 4) is 0 Å². The largest absolute Gasteiger partial charge is 0.311 e. The second-order valence-electron chi connectivity index (χ2n) is 7.39. The van der Waals surface area contributed by atoms with E-state index in [-0.39, 0.29) is 0 Å². The lowest BCUT2D eigenvalue weighted by atomic mass is 9.73. The monoisotopic (exact) mass is 349 g/mol. The van der Waals surface area contributed by atoms with Crippen LogP contribution in [0.4, 0.5) is 0 Å². The Morgan fingerprint density at radius 1 is 1.14 bits per heavy atom. The Labute approximate surface area is 138 Å². The highest BCUT2D eigenvalue weighted by Gasteiger charge is 2.35. The number of rotatable bonds is 4. The first-order valence-electron chi connectivity index (χ1n) is 8.65. The molecule has 0 saturated heterocycles. The number of hydrogen-bond donors (Lipinski definition) is 1. The molecule has 2 atom stereocenters. The first kappa shape index (κ1) is 15.6. The Hall–Kier alpha value is -0.340. The standard InChI is InChI=1S/C19H28BrN/c1-13(2)18-8-3-4-9-19(18)21-17-11-15(12-17)14-6-5-7-16(20)10-14/h5-7,10,13,15,17-19,21H,3-4,8-9,11-12H2,1-2H3. The summed E-state index contributed by atoms with van der Waals surface area (Å²) < 4.78 is 1.21. The molecule has 0 aliphatic heterocycles. The van der Waals surface area contributed by atoms with Gasteiger partial charge < -0.3 is 5.32 Å². The molecule has 0 heterocycles. The molecule has 2 heteroatoms. The molecule has 1 N–H and O–H groups in total. The van der Waals surface area contributed by atoms with Crippen LogP contribution in [0.15, 0.2) is 28.7 Å². The minimum atomic E-state index is 0.748. The van der Waals surface area contributed by atoms with E-state index in [1.54, 1.807) is 0 Å². The molecule has 1 aromatic rings. The van der Waals surface area contributed by atoms with Gasteiger partial charge in [-0.15, -0.1) is 0 Å². The molecule has 0 spiro atoms. The van der Waals surface area contributed by atoms with Crippen LogP contribution in [-0.4, -0.2) is 12.1 Å². The highest BCUT2D eigenvalue weighted by atomic mass is 79.9. The predicted molar refractivity (Wildman–Crippen MR) is 93.6 cm³/mol. The van der Waals surface area contributed by atoms with Gasteiger partial charge in [0.1, 0.15) is 0 Å². The van der Waals surface area contributed by atoms with E-state index in [1.165, 1.54) is 48.6 Å². The molecule has 0 amide bonds. The maximum absolute atomic E-state index is 3.99. The summed E-state index contributed by atoms with van der Waals surface area (Å²) in [6.45, 7) is 4.80. The number of halogens is 1. The van der Waals surface area contributed by atoms with Crippen molar-refractivity contribution in [1.82, 2.24) is 5.32 Å². The van der Waals surface area contributed by atoms with E-state index < -0.39 is 0 Å². The average Bonchev–Trinajstić information content (AvgIpc) is 2.42. The molecule has 0 bridgehead atoms. The van der Waals surface area contributed by atoms with Crippen LogP contribution in [0.25, 0.3) is 0 Å². The molecular weight excluding hydrogens is 322 g/mol. The van der Waals surface area contributed by atoms with Crippen LogP contribution in [0.3, 0.4) is 0 Å². The molecule has 2 saturated carbocycles. The summed E-state index contributed by atoms with van der Waals surface area (Å²) >= 11 is 3.59. The van der Waals surface area contributed by atoms with Gasteiger partial charge in [-0.3, -0.25) is 0 Å². The molecular formula is C19H28BrN. The van der Waals surface area contributed by atoms with E-state index >= 15 is 0 Å². The fourth-order valence-corrected chi connectivity index (χ4v) is 4.67. The Bertz CT molecular complexity index is 464. The first-order valence-corrected chi connectivity index (χ1v) is 9.44. The van der Waals surface area contributed by atoms with Crippen molar-refractivity contribution >= 4 is 15.9 Å². The minimum absolute atomic E-state index is 0.748. The summed E-state index contributed by atoms with van der Waals surface area (Å²) in [7, 11) is 0. The van der Waals surface area contributed by atoms with Gasteiger partial charge in [0, 0.05) is 16.6 Å². The molecule has 2 fully saturated rings. The smallest absolute Gasteiger partial charge is 0.0178 e. The predicted octanol–water partition coefficient (Wildman–Crippen LogP) is 5.50. The summed E-state index contributed by atoms with van der Waals surface area (Å²) in [6.07, 6.45) is 8.31. The van der Waals surface area contributed by atoms with Gasteiger partial charge in [0.15, 0.2) is 0 Å². The van der Waals surface area contributed by atoms with Gasteiger partial charge in [-0.05, 0) is 61.1 Å². The van der Waals surface area contributed by atoms with Gasteiger partial charge in [-0.25, -0.2) is 0 Å². The van der Waals surface area contributed by atoms with E-state index in [4.69, 9.17) is 0 Å². The Morgan fingerprint density at radius 3 is 2.62 bits per heavy atom. The van der Waals surface area contributed by atoms with Gasteiger partial charge >= 0.3 is 0 Å². The summed E-state index contributed by atoms with van der Waals surface area (Å²) in [4.78, 5) is 0. The molecule has 1 aromatic carbocycles. The fraction of sp³-hybridized carbons (Fsp3) is 0.684. The van der Waals surface area contributed by atoms with E-state index in [0.717, 1.165) is 29.8 Å². The van der Waals surface area contributed by atoms with Gasteiger partial charge in [0.05, 0.1) is 0 Å². The number of hydrogen-bond acceptors (Lipinski definition) is 1. The summed E-state index contributed by atoms with van der Waals surface area (Å²) in [6, 6.07) is 10.4. The van der Waals surface area contributed by atoms with E-state index in [1.807, 2.05) is 0 Å². The third-order valence-electron chi connectivity index (χ3n) is 5.58. The molecule has 2 unspecified atom stereocenters. The van der Waals surface area contributed by atoms with Gasteiger partial charge in [0.2, 0.25) is 0 Å². The lowest BCUT2D eigenvalue weighted by Gasteiger charge is -2.43. The zero-order valence-electron chi connectivity index (χ0n) is 13.3. The molecule has 3 rings (SSSR count).